The molecule has 0 amide bonds. The van der Waals surface area contributed by atoms with Crippen molar-refractivity contribution in [2.45, 2.75) is 86.7 Å². The second-order valence-electron chi connectivity index (χ2n) is 18.4. The third-order valence-electron chi connectivity index (χ3n) is 10.4. The zero-order chi connectivity index (χ0) is 55.9. The summed E-state index contributed by atoms with van der Waals surface area (Å²) in [4.78, 5) is 78.8. The Morgan fingerprint density at radius 1 is 0.675 bits per heavy atom. The number of halogens is 3. The number of aryl methyl sites for hydroxylation is 1. The number of carbonyl (C=O) groups excluding carboxylic acids is 5. The molecule has 6 aromatic rings. The van der Waals surface area contributed by atoms with E-state index in [2.05, 4.69) is 56.4 Å². The summed E-state index contributed by atoms with van der Waals surface area (Å²) in [5.74, 6) is -0.964. The number of thiocarbonyl (C=S) groups is 1. The number of aromatic nitrogens is 6. The average molecular weight is 1180 g/mol. The second kappa shape index (κ2) is 30.9. The van der Waals surface area contributed by atoms with E-state index in [1.165, 1.54) is 66.5 Å². The molecule has 0 saturated heterocycles. The van der Waals surface area contributed by atoms with Crippen molar-refractivity contribution in [1.82, 2.24) is 30.1 Å². The number of nitrogens with zero attached hydrogens (tertiary/aromatic N) is 7. The predicted molar refractivity (Wildman–Crippen MR) is 289 cm³/mol. The molecule has 0 radical (unpaired) electrons. The Bertz CT molecular complexity index is 3020. The fraction of sp³-hybridized carbons (Fsp3) is 0.268. The first-order chi connectivity index (χ1) is 36.1. The normalized spacial score (nSPS) is 11.8. The van der Waals surface area contributed by atoms with Crippen LogP contribution in [0.15, 0.2) is 103 Å². The van der Waals surface area contributed by atoms with Gasteiger partial charge >= 0.3 is 25.7 Å². The Labute approximate surface area is 466 Å². The van der Waals surface area contributed by atoms with Gasteiger partial charge < -0.3 is 29.8 Å². The van der Waals surface area contributed by atoms with Crippen LogP contribution in [0.25, 0.3) is 70.0 Å². The van der Waals surface area contributed by atoms with Crippen LogP contribution in [-0.2, 0) is 70.3 Å². The summed E-state index contributed by atoms with van der Waals surface area (Å²) in [7, 11) is 0. The van der Waals surface area contributed by atoms with Gasteiger partial charge in [-0.05, 0) is 126 Å². The molecule has 0 N–H and O–H groups in total. The summed E-state index contributed by atoms with van der Waals surface area (Å²) in [5, 5.41) is 15.3. The Hall–Kier alpha value is -7.57. The van der Waals surface area contributed by atoms with E-state index in [1.54, 1.807) is 114 Å². The molecule has 6 rings (SSSR count). The zero-order valence-corrected chi connectivity index (χ0v) is 46.4. The maximum absolute atomic E-state index is 12.8. The topological polar surface area (TPSA) is 214 Å². The molecule has 77 heavy (non-hydrogen) atoms. The van der Waals surface area contributed by atoms with E-state index in [9.17, 15) is 37.1 Å². The van der Waals surface area contributed by atoms with Crippen LogP contribution in [0.4, 0.5) is 13.2 Å². The Kier molecular flexibility index (Phi) is 25.5. The number of ether oxygens (including phenoxy) is 3. The minimum Gasteiger partial charge on any atom is -0.753 e. The number of unbranched alkanes of at least 4 members (excludes halogenated alkanes) is 3. The molecule has 0 unspecified atom stereocenters. The number of ketones is 2. The van der Waals surface area contributed by atoms with Crippen molar-refractivity contribution in [2.75, 3.05) is 0 Å². The van der Waals surface area contributed by atoms with Crippen LogP contribution >= 0.6 is 23.6 Å². The molecule has 0 saturated carbocycles. The van der Waals surface area contributed by atoms with Crippen LogP contribution in [0.3, 0.4) is 0 Å². The summed E-state index contributed by atoms with van der Waals surface area (Å²) in [6.45, 7) is 13.2. The summed E-state index contributed by atoms with van der Waals surface area (Å²) in [6.07, 6.45) is 15.8. The minimum absolute atomic E-state index is 0. The molecule has 15 nitrogen and oxygen atoms in total. The first kappa shape index (κ1) is 63.7. The predicted octanol–water partition coefficient (Wildman–Crippen LogP) is 12.7. The first-order valence-electron chi connectivity index (χ1n) is 23.4. The van der Waals surface area contributed by atoms with Gasteiger partial charge in [-0.15, -0.1) is 11.3 Å². The van der Waals surface area contributed by atoms with Crippen LogP contribution in [0.1, 0.15) is 112 Å². The SMILES string of the molecule is CC(C)(C)C(=O)/C(=C\c1ccnc(-c2cc(/C=C/OC=O)cc(-c3cc(/C=C(/OC=O)C(=O)C(C)(C)C)ccn3)n2)c1)OC=O.CCCCCCc1ccc(/C=C/c2ccnc(-c3cc(C(F)(F)F)n[n-]3)c2)s1.[N-]=C=S.[Ru+2]. The van der Waals surface area contributed by atoms with Gasteiger partial charge in [0, 0.05) is 44.9 Å². The number of pyridine rings is 4. The maximum atomic E-state index is 12.8. The van der Waals surface area contributed by atoms with Crippen LogP contribution in [0.5, 0.6) is 0 Å². The third-order valence-corrected chi connectivity index (χ3v) is 11.5. The number of alkyl halides is 3. The molecule has 0 aliphatic heterocycles. The van der Waals surface area contributed by atoms with Gasteiger partial charge in [-0.1, -0.05) is 91.7 Å². The Balaban J connectivity index is 0.000000416. The van der Waals surface area contributed by atoms with E-state index in [0.717, 1.165) is 22.9 Å². The number of Topliss-reactive ketones (excluding diaryl/α,β-unsaturated/α-hetero) is 2. The maximum Gasteiger partial charge on any atom is 2.00 e. The summed E-state index contributed by atoms with van der Waals surface area (Å²) in [6, 6.07) is 18.7. The van der Waals surface area contributed by atoms with E-state index in [4.69, 9.17) is 24.6 Å². The number of allylic oxidation sites excluding steroid dienone is 2. The molecule has 6 heterocycles. The van der Waals surface area contributed by atoms with Gasteiger partial charge in [0.1, 0.15) is 5.69 Å². The number of carbonyl (C=O) groups is 5. The van der Waals surface area contributed by atoms with Gasteiger partial charge in [-0.25, -0.2) is 4.98 Å². The van der Waals surface area contributed by atoms with Gasteiger partial charge in [0.05, 0.1) is 29.0 Å². The Morgan fingerprint density at radius 3 is 1.66 bits per heavy atom. The number of hydrogen-bond acceptors (Lipinski definition) is 15. The van der Waals surface area contributed by atoms with E-state index >= 15 is 0 Å². The molecule has 0 atom stereocenters. The second-order valence-corrected chi connectivity index (χ2v) is 19.8. The van der Waals surface area contributed by atoms with Crippen molar-refractivity contribution in [2.24, 2.45) is 10.8 Å². The van der Waals surface area contributed by atoms with E-state index in [0.29, 0.717) is 45.2 Å². The molecule has 0 bridgehead atoms. The third kappa shape index (κ3) is 20.8. The molecular weight excluding hydrogens is 1120 g/mol. The summed E-state index contributed by atoms with van der Waals surface area (Å²) >= 11 is 5.47. The molecular formula is C56H54F3N7O8RuS2. The van der Waals surface area contributed by atoms with E-state index in [1.807, 2.05) is 12.2 Å². The minimum atomic E-state index is -4.50. The van der Waals surface area contributed by atoms with Gasteiger partial charge in [-0.3, -0.25) is 38.9 Å². The van der Waals surface area contributed by atoms with Crippen LogP contribution in [0.2, 0.25) is 0 Å². The molecule has 402 valence electrons. The largest absolute Gasteiger partial charge is 2.00 e. The molecule has 21 heteroatoms. The zero-order valence-electron chi connectivity index (χ0n) is 43.0. The number of rotatable bonds is 21. The molecule has 0 aromatic carbocycles. The molecule has 0 fully saturated rings. The standard InChI is InChI=1S/C34H33N3O8.C21H21F3N3S.CNS.Ru/c1-33(2,3)31(41)29(44-20-39)17-22-7-10-35-25(13-22)27-15-24(9-12-43-19-38)16-28(37-27)26-14-23(8-11-36-26)18-30(45-21-40)32(42)34(4,5)6;1-2-3-4-5-6-16-9-10-17(28-16)8-7-15-11-12-25-18(13-15)19-14-20(27-26-19)21(22,23)24;2-1-3;/h7-21H,1-6H3;7-14H,2-6H2,1H3;;/q;2*-1;+2/b12-9+,29-17+,30-18+;8-7+;;. The molecule has 6 aromatic heterocycles. The van der Waals surface area contributed by atoms with Gasteiger partial charge in [0.15, 0.2) is 11.5 Å². The first-order valence-corrected chi connectivity index (χ1v) is 24.6. The van der Waals surface area contributed by atoms with Crippen LogP contribution in [-0.4, -0.2) is 61.2 Å². The van der Waals surface area contributed by atoms with Crippen LogP contribution < -0.4 is 5.10 Å². The van der Waals surface area contributed by atoms with Crippen molar-refractivity contribution in [3.05, 3.63) is 146 Å². The van der Waals surface area contributed by atoms with Gasteiger partial charge in [0.2, 0.25) is 11.6 Å². The molecule has 0 spiro atoms. The number of thiophene rings is 1. The van der Waals surface area contributed by atoms with E-state index < -0.39 is 22.7 Å². The summed E-state index contributed by atoms with van der Waals surface area (Å²) < 4.78 is 52.8. The van der Waals surface area contributed by atoms with Crippen molar-refractivity contribution in [3.63, 3.8) is 0 Å². The van der Waals surface area contributed by atoms with Crippen LogP contribution in [0, 0.1) is 10.8 Å². The molecule has 0 aliphatic carbocycles. The smallest absolute Gasteiger partial charge is 0.753 e. The average Bonchev–Trinajstić information content (AvgIpc) is 4.08. The van der Waals surface area contributed by atoms with Crippen molar-refractivity contribution in [1.29, 1.82) is 0 Å². The van der Waals surface area contributed by atoms with Gasteiger partial charge in [-0.2, -0.15) is 18.3 Å². The number of hydrogen-bond donors (Lipinski definition) is 0. The Morgan fingerprint density at radius 2 is 1.18 bits per heavy atom. The van der Waals surface area contributed by atoms with Crippen molar-refractivity contribution >= 4 is 90.1 Å². The quantitative estimate of drug-likeness (QED) is 0.00958. The van der Waals surface area contributed by atoms with Crippen molar-refractivity contribution in [3.8, 4) is 34.2 Å². The fourth-order valence-electron chi connectivity index (χ4n) is 6.64. The summed E-state index contributed by atoms with van der Waals surface area (Å²) in [5.41, 5.74) is 2.04. The van der Waals surface area contributed by atoms with Gasteiger partial charge in [0.25, 0.3) is 19.4 Å². The van der Waals surface area contributed by atoms with Crippen molar-refractivity contribution < 1.29 is 70.8 Å². The fourth-order valence-corrected chi connectivity index (χ4v) is 7.60. The van der Waals surface area contributed by atoms with E-state index in [-0.39, 0.29) is 67.7 Å². The number of isothiocyanates is 1. The molecule has 0 aliphatic rings. The monoisotopic (exact) mass is 1180 g/mol.